The number of carbonyl (C=O) groups excluding carboxylic acids is 2. The van der Waals surface area contributed by atoms with E-state index in [0.29, 0.717) is 18.0 Å². The zero-order valence-corrected chi connectivity index (χ0v) is 14.9. The number of hydrogen-bond donors (Lipinski definition) is 1. The summed E-state index contributed by atoms with van der Waals surface area (Å²) in [5.41, 5.74) is -0.893. The minimum atomic E-state index is -4.60. The molecule has 27 heavy (non-hydrogen) atoms. The quantitative estimate of drug-likeness (QED) is 0.852. The fourth-order valence-corrected chi connectivity index (χ4v) is 2.94. The molecular weight excluding hydrogens is 387 g/mol. The Morgan fingerprint density at radius 3 is 2.26 bits per heavy atom. The summed E-state index contributed by atoms with van der Waals surface area (Å²) in [6.07, 6.45) is -3.08. The minimum absolute atomic E-state index is 0.134. The Morgan fingerprint density at radius 2 is 1.78 bits per heavy atom. The molecule has 2 rings (SSSR count). The molecule has 0 saturated heterocycles. The van der Waals surface area contributed by atoms with Crippen LogP contribution in [0.25, 0.3) is 0 Å². The molecule has 7 nitrogen and oxygen atoms in total. The van der Waals surface area contributed by atoms with E-state index in [-0.39, 0.29) is 10.6 Å². The Labute approximate surface area is 152 Å². The van der Waals surface area contributed by atoms with E-state index in [1.54, 1.807) is 0 Å². The van der Waals surface area contributed by atoms with E-state index in [2.05, 4.69) is 9.35 Å². The zero-order chi connectivity index (χ0) is 20.2. The molecule has 11 heteroatoms. The van der Waals surface area contributed by atoms with Crippen LogP contribution in [0.5, 0.6) is 5.75 Å². The molecule has 3 amide bonds. The summed E-state index contributed by atoms with van der Waals surface area (Å²) in [5, 5.41) is 1.61. The largest absolute Gasteiger partial charge is 0.497 e. The molecule has 0 unspecified atom stereocenters. The summed E-state index contributed by atoms with van der Waals surface area (Å²) in [6, 6.07) is 6.17. The number of benzene rings is 1. The van der Waals surface area contributed by atoms with E-state index in [9.17, 15) is 27.0 Å². The number of pyridine rings is 1. The van der Waals surface area contributed by atoms with Gasteiger partial charge in [-0.15, -0.1) is 4.36 Å². The molecule has 0 saturated carbocycles. The van der Waals surface area contributed by atoms with E-state index in [4.69, 9.17) is 4.74 Å². The third-order valence-electron chi connectivity index (χ3n) is 3.28. The molecule has 0 aliphatic heterocycles. The number of alkyl halides is 3. The number of aromatic nitrogens is 1. The van der Waals surface area contributed by atoms with Gasteiger partial charge in [-0.1, -0.05) is 0 Å². The SMILES string of the molecule is COc1ccc(C(=O)NC(=O)N=[S@@](C)(=O)c2ccc(C(F)(F)F)cn2)cc1. The first kappa shape index (κ1) is 20.4. The summed E-state index contributed by atoms with van der Waals surface area (Å²) in [4.78, 5) is 27.3. The van der Waals surface area contributed by atoms with Gasteiger partial charge in [-0.2, -0.15) is 13.2 Å². The van der Waals surface area contributed by atoms with Crippen LogP contribution in [0.3, 0.4) is 0 Å². The van der Waals surface area contributed by atoms with Gasteiger partial charge in [0.05, 0.1) is 22.4 Å². The number of amides is 3. The van der Waals surface area contributed by atoms with E-state index >= 15 is 0 Å². The van der Waals surface area contributed by atoms with Crippen molar-refractivity contribution in [3.8, 4) is 5.75 Å². The van der Waals surface area contributed by atoms with Gasteiger partial charge in [0.2, 0.25) is 0 Å². The molecule has 0 fully saturated rings. The number of halogens is 3. The van der Waals surface area contributed by atoms with Gasteiger partial charge in [0.1, 0.15) is 10.8 Å². The zero-order valence-electron chi connectivity index (χ0n) is 14.1. The Balaban J connectivity index is 2.16. The van der Waals surface area contributed by atoms with Crippen molar-refractivity contribution in [2.24, 2.45) is 4.36 Å². The van der Waals surface area contributed by atoms with Crippen molar-refractivity contribution in [2.75, 3.05) is 13.4 Å². The Hall–Kier alpha value is -2.95. The van der Waals surface area contributed by atoms with Crippen molar-refractivity contribution in [2.45, 2.75) is 11.2 Å². The lowest BCUT2D eigenvalue weighted by Gasteiger charge is -2.08. The van der Waals surface area contributed by atoms with Crippen molar-refractivity contribution in [3.05, 3.63) is 53.7 Å². The first-order chi connectivity index (χ1) is 12.5. The number of urea groups is 1. The molecule has 0 aliphatic rings. The number of hydrogen-bond acceptors (Lipinski definition) is 5. The highest BCUT2D eigenvalue weighted by Gasteiger charge is 2.31. The van der Waals surface area contributed by atoms with Gasteiger partial charge >= 0.3 is 12.2 Å². The first-order valence-corrected chi connectivity index (χ1v) is 9.20. The molecule has 0 spiro atoms. The topological polar surface area (TPSA) is 97.7 Å². The summed E-state index contributed by atoms with van der Waals surface area (Å²) < 4.78 is 58.4. The second-order valence-corrected chi connectivity index (χ2v) is 7.47. The number of imide groups is 1. The molecular formula is C16H14F3N3O4S. The summed E-state index contributed by atoms with van der Waals surface area (Å²) in [5.74, 6) is -0.283. The van der Waals surface area contributed by atoms with Crippen LogP contribution < -0.4 is 10.1 Å². The molecule has 1 aromatic heterocycles. The molecule has 0 aliphatic carbocycles. The first-order valence-electron chi connectivity index (χ1n) is 7.28. The number of nitrogens with zero attached hydrogens (tertiary/aromatic N) is 2. The second-order valence-electron chi connectivity index (χ2n) is 5.26. The lowest BCUT2D eigenvalue weighted by molar-refractivity contribution is -0.137. The summed E-state index contributed by atoms with van der Waals surface area (Å²) in [7, 11) is -2.00. The lowest BCUT2D eigenvalue weighted by Crippen LogP contribution is -2.28. The van der Waals surface area contributed by atoms with Gasteiger partial charge < -0.3 is 4.74 Å². The van der Waals surface area contributed by atoms with Crippen molar-refractivity contribution in [1.29, 1.82) is 0 Å². The number of rotatable bonds is 3. The Morgan fingerprint density at radius 1 is 1.15 bits per heavy atom. The van der Waals surface area contributed by atoms with Crippen molar-refractivity contribution >= 4 is 21.7 Å². The van der Waals surface area contributed by atoms with Crippen LogP contribution in [0.1, 0.15) is 15.9 Å². The number of methoxy groups -OCH3 is 1. The maximum atomic E-state index is 12.5. The summed E-state index contributed by atoms with van der Waals surface area (Å²) in [6.45, 7) is 0. The van der Waals surface area contributed by atoms with Crippen molar-refractivity contribution < 1.29 is 31.7 Å². The molecule has 0 bridgehead atoms. The minimum Gasteiger partial charge on any atom is -0.497 e. The predicted molar refractivity (Wildman–Crippen MR) is 89.9 cm³/mol. The predicted octanol–water partition coefficient (Wildman–Crippen LogP) is 3.12. The van der Waals surface area contributed by atoms with Gasteiger partial charge in [-0.05, 0) is 36.4 Å². The molecule has 1 heterocycles. The third-order valence-corrected chi connectivity index (χ3v) is 4.81. The van der Waals surface area contributed by atoms with Crippen LogP contribution in [0.4, 0.5) is 18.0 Å². The van der Waals surface area contributed by atoms with Gasteiger partial charge in [0.25, 0.3) is 5.91 Å². The van der Waals surface area contributed by atoms with Crippen molar-refractivity contribution in [1.82, 2.24) is 10.3 Å². The molecule has 1 atom stereocenters. The Kier molecular flexibility index (Phi) is 5.84. The van der Waals surface area contributed by atoms with Crippen LogP contribution in [0.2, 0.25) is 0 Å². The highest BCUT2D eigenvalue weighted by atomic mass is 32.2. The molecule has 0 radical (unpaired) electrons. The molecule has 2 aromatic rings. The van der Waals surface area contributed by atoms with Gasteiger partial charge in [0.15, 0.2) is 0 Å². The smallest absolute Gasteiger partial charge is 0.417 e. The highest BCUT2D eigenvalue weighted by Crippen LogP contribution is 2.28. The third kappa shape index (κ3) is 5.26. The second kappa shape index (κ2) is 7.74. The number of carbonyl (C=O) groups is 2. The van der Waals surface area contributed by atoms with E-state index in [0.717, 1.165) is 12.3 Å². The van der Waals surface area contributed by atoms with E-state index in [1.165, 1.54) is 31.4 Å². The average molecular weight is 401 g/mol. The fourth-order valence-electron chi connectivity index (χ4n) is 1.91. The van der Waals surface area contributed by atoms with Crippen LogP contribution in [0, 0.1) is 0 Å². The van der Waals surface area contributed by atoms with Crippen LogP contribution in [-0.2, 0) is 15.9 Å². The standard InChI is InChI=1S/C16H14F3N3O4S/c1-26-12-6-3-10(4-7-12)14(23)21-15(24)22-27(2,25)13-8-5-11(9-20-13)16(17,18)19/h3-9H,1-2H3,(H,21,23,24)/t27-/m0/s1. The van der Waals surface area contributed by atoms with Gasteiger partial charge in [-0.25, -0.2) is 14.0 Å². The highest BCUT2D eigenvalue weighted by molar-refractivity contribution is 7.93. The average Bonchev–Trinajstić information content (AvgIpc) is 2.60. The van der Waals surface area contributed by atoms with E-state index in [1.807, 2.05) is 5.32 Å². The fraction of sp³-hybridized carbons (Fsp3) is 0.188. The van der Waals surface area contributed by atoms with Gasteiger partial charge in [0, 0.05) is 18.0 Å². The maximum absolute atomic E-state index is 12.5. The molecule has 144 valence electrons. The lowest BCUT2D eigenvalue weighted by atomic mass is 10.2. The molecule has 1 N–H and O–H groups in total. The van der Waals surface area contributed by atoms with Crippen molar-refractivity contribution in [3.63, 3.8) is 0 Å². The van der Waals surface area contributed by atoms with Crippen LogP contribution in [0.15, 0.2) is 52.0 Å². The Bertz CT molecular complexity index is 964. The number of ether oxygens (including phenoxy) is 1. The normalized spacial score (nSPS) is 13.4. The van der Waals surface area contributed by atoms with Crippen LogP contribution >= 0.6 is 0 Å². The van der Waals surface area contributed by atoms with E-state index < -0.39 is 33.4 Å². The molecule has 1 aromatic carbocycles. The summed E-state index contributed by atoms with van der Waals surface area (Å²) >= 11 is 0. The maximum Gasteiger partial charge on any atom is 0.417 e. The van der Waals surface area contributed by atoms with Gasteiger partial charge in [-0.3, -0.25) is 10.1 Å². The van der Waals surface area contributed by atoms with Crippen LogP contribution in [-0.4, -0.2) is 34.5 Å². The monoisotopic (exact) mass is 401 g/mol. The number of nitrogens with one attached hydrogen (secondary N) is 1.